The van der Waals surface area contributed by atoms with Crippen molar-refractivity contribution in [2.24, 2.45) is 0 Å². The van der Waals surface area contributed by atoms with Gasteiger partial charge in [0.05, 0.1) is 6.61 Å². The molecule has 0 unspecified atom stereocenters. The van der Waals surface area contributed by atoms with Crippen molar-refractivity contribution in [2.45, 2.75) is 40.3 Å². The van der Waals surface area contributed by atoms with Crippen LogP contribution in [0.3, 0.4) is 0 Å². The fourth-order valence-electron chi connectivity index (χ4n) is 4.18. The highest BCUT2D eigenvalue weighted by molar-refractivity contribution is 5.85. The molecule has 0 bridgehead atoms. The van der Waals surface area contributed by atoms with E-state index in [4.69, 9.17) is 9.47 Å². The topological polar surface area (TPSA) is 30.5 Å². The van der Waals surface area contributed by atoms with Crippen LogP contribution in [-0.4, -0.2) is 6.61 Å². The molecule has 4 aromatic rings. The number of aryl methyl sites for hydroxylation is 2. The standard InChI is InChI=1S/C31H33NO2/c1-5-10-26-18-24(20-32-28-16-15-22(3)23(4)17-28)19-30(33-6-2)31(26)34-21-27-13-9-12-25-11-7-8-14-29(25)27/h5,7-9,11-19,32H,1,6,10,20-21H2,2-4H3. The molecule has 0 atom stereocenters. The number of hydrogen-bond acceptors (Lipinski definition) is 3. The van der Waals surface area contributed by atoms with Gasteiger partial charge in [-0.25, -0.2) is 0 Å². The number of rotatable bonds is 10. The van der Waals surface area contributed by atoms with E-state index in [1.54, 1.807) is 0 Å². The highest BCUT2D eigenvalue weighted by atomic mass is 16.5. The van der Waals surface area contributed by atoms with Gasteiger partial charge >= 0.3 is 0 Å². The van der Waals surface area contributed by atoms with Crippen molar-refractivity contribution in [3.05, 3.63) is 113 Å². The van der Waals surface area contributed by atoms with Crippen LogP contribution in [-0.2, 0) is 19.6 Å². The minimum absolute atomic E-state index is 0.478. The average molecular weight is 452 g/mol. The number of ether oxygens (including phenoxy) is 2. The van der Waals surface area contributed by atoms with Crippen LogP contribution < -0.4 is 14.8 Å². The highest BCUT2D eigenvalue weighted by Crippen LogP contribution is 2.35. The summed E-state index contributed by atoms with van der Waals surface area (Å²) in [5.41, 5.74) is 7.08. The third kappa shape index (κ3) is 5.43. The molecule has 0 saturated carbocycles. The van der Waals surface area contributed by atoms with Crippen LogP contribution in [0.4, 0.5) is 5.69 Å². The predicted octanol–water partition coefficient (Wildman–Crippen LogP) is 7.77. The lowest BCUT2D eigenvalue weighted by atomic mass is 10.0. The average Bonchev–Trinajstić information content (AvgIpc) is 2.84. The predicted molar refractivity (Wildman–Crippen MR) is 143 cm³/mol. The van der Waals surface area contributed by atoms with E-state index in [1.165, 1.54) is 21.9 Å². The Morgan fingerprint density at radius 2 is 1.68 bits per heavy atom. The minimum Gasteiger partial charge on any atom is -0.490 e. The zero-order valence-corrected chi connectivity index (χ0v) is 20.4. The van der Waals surface area contributed by atoms with Crippen LogP contribution in [0, 0.1) is 13.8 Å². The number of anilines is 1. The van der Waals surface area contributed by atoms with Crippen LogP contribution >= 0.6 is 0 Å². The summed E-state index contributed by atoms with van der Waals surface area (Å²) < 4.78 is 12.5. The summed E-state index contributed by atoms with van der Waals surface area (Å²) in [6, 6.07) is 25.5. The van der Waals surface area contributed by atoms with Crippen molar-refractivity contribution in [3.8, 4) is 11.5 Å². The zero-order chi connectivity index (χ0) is 23.9. The Hall–Kier alpha value is -3.72. The number of allylic oxidation sites excluding steroid dienone is 1. The van der Waals surface area contributed by atoms with Gasteiger partial charge in [0, 0.05) is 17.8 Å². The maximum atomic E-state index is 6.42. The maximum absolute atomic E-state index is 6.42. The molecule has 0 radical (unpaired) electrons. The second-order valence-electron chi connectivity index (χ2n) is 8.59. The fourth-order valence-corrected chi connectivity index (χ4v) is 4.18. The first kappa shape index (κ1) is 23.4. The molecule has 34 heavy (non-hydrogen) atoms. The molecule has 0 aliphatic rings. The van der Waals surface area contributed by atoms with Crippen molar-refractivity contribution in [1.29, 1.82) is 0 Å². The first-order chi connectivity index (χ1) is 16.6. The molecule has 4 aromatic carbocycles. The summed E-state index contributed by atoms with van der Waals surface area (Å²) in [4.78, 5) is 0. The van der Waals surface area contributed by atoms with Crippen molar-refractivity contribution in [3.63, 3.8) is 0 Å². The van der Waals surface area contributed by atoms with Gasteiger partial charge in [0.1, 0.15) is 6.61 Å². The van der Waals surface area contributed by atoms with Gasteiger partial charge in [0.15, 0.2) is 11.5 Å². The van der Waals surface area contributed by atoms with E-state index in [9.17, 15) is 0 Å². The number of nitrogens with one attached hydrogen (secondary N) is 1. The Morgan fingerprint density at radius 1 is 0.853 bits per heavy atom. The summed E-state index contributed by atoms with van der Waals surface area (Å²) in [5.74, 6) is 1.57. The molecule has 0 heterocycles. The molecule has 0 aliphatic carbocycles. The number of fused-ring (bicyclic) bond motifs is 1. The molecule has 1 N–H and O–H groups in total. The van der Waals surface area contributed by atoms with Gasteiger partial charge in [-0.2, -0.15) is 0 Å². The van der Waals surface area contributed by atoms with Crippen LogP contribution in [0.2, 0.25) is 0 Å². The molecule has 4 rings (SSSR count). The second kappa shape index (κ2) is 10.9. The zero-order valence-electron chi connectivity index (χ0n) is 20.4. The summed E-state index contributed by atoms with van der Waals surface area (Å²) in [5, 5.41) is 5.97. The van der Waals surface area contributed by atoms with Crippen molar-refractivity contribution in [1.82, 2.24) is 0 Å². The Labute approximate surface area is 203 Å². The Kier molecular flexibility index (Phi) is 7.54. The van der Waals surface area contributed by atoms with Gasteiger partial charge in [-0.1, -0.05) is 54.6 Å². The molecule has 3 heteroatoms. The quantitative estimate of drug-likeness (QED) is 0.250. The third-order valence-electron chi connectivity index (χ3n) is 6.11. The molecular formula is C31H33NO2. The summed E-state index contributed by atoms with van der Waals surface area (Å²) in [6.45, 7) is 12.0. The van der Waals surface area contributed by atoms with Gasteiger partial charge in [0.2, 0.25) is 0 Å². The van der Waals surface area contributed by atoms with E-state index in [0.29, 0.717) is 26.2 Å². The molecule has 0 aliphatic heterocycles. The summed E-state index contributed by atoms with van der Waals surface area (Å²) >= 11 is 0. The van der Waals surface area contributed by atoms with E-state index in [2.05, 4.69) is 98.5 Å². The monoisotopic (exact) mass is 451 g/mol. The lowest BCUT2D eigenvalue weighted by Crippen LogP contribution is -2.06. The molecular weight excluding hydrogens is 418 g/mol. The maximum Gasteiger partial charge on any atom is 0.165 e. The van der Waals surface area contributed by atoms with Gasteiger partial charge in [-0.15, -0.1) is 6.58 Å². The summed E-state index contributed by atoms with van der Waals surface area (Å²) in [7, 11) is 0. The lowest BCUT2D eigenvalue weighted by Gasteiger charge is -2.19. The SMILES string of the molecule is C=CCc1cc(CNc2ccc(C)c(C)c2)cc(OCC)c1OCc1cccc2ccccc12. The molecule has 3 nitrogen and oxygen atoms in total. The Balaban J connectivity index is 1.60. The van der Waals surface area contributed by atoms with E-state index in [1.807, 2.05) is 13.0 Å². The lowest BCUT2D eigenvalue weighted by molar-refractivity contribution is 0.267. The number of hydrogen-bond donors (Lipinski definition) is 1. The van der Waals surface area contributed by atoms with Crippen LogP contribution in [0.1, 0.15) is 34.7 Å². The van der Waals surface area contributed by atoms with E-state index >= 15 is 0 Å². The van der Waals surface area contributed by atoms with E-state index < -0.39 is 0 Å². The number of benzene rings is 4. The van der Waals surface area contributed by atoms with Gasteiger partial charge in [-0.05, 0) is 84.5 Å². The first-order valence-electron chi connectivity index (χ1n) is 11.9. The van der Waals surface area contributed by atoms with Crippen LogP contribution in [0.15, 0.2) is 85.5 Å². The molecule has 0 aromatic heterocycles. The smallest absolute Gasteiger partial charge is 0.165 e. The molecule has 0 spiro atoms. The van der Waals surface area contributed by atoms with Gasteiger partial charge in [0.25, 0.3) is 0 Å². The van der Waals surface area contributed by atoms with Crippen molar-refractivity contribution >= 4 is 16.5 Å². The fraction of sp³-hybridized carbons (Fsp3) is 0.226. The van der Waals surface area contributed by atoms with Crippen LogP contribution in [0.25, 0.3) is 10.8 Å². The van der Waals surface area contributed by atoms with E-state index in [-0.39, 0.29) is 0 Å². The molecule has 0 fully saturated rings. The highest BCUT2D eigenvalue weighted by Gasteiger charge is 2.14. The van der Waals surface area contributed by atoms with E-state index in [0.717, 1.165) is 33.9 Å². The normalized spacial score (nSPS) is 10.8. The Bertz CT molecular complexity index is 1290. The van der Waals surface area contributed by atoms with Crippen LogP contribution in [0.5, 0.6) is 11.5 Å². The molecule has 0 amide bonds. The third-order valence-corrected chi connectivity index (χ3v) is 6.11. The molecule has 174 valence electrons. The first-order valence-corrected chi connectivity index (χ1v) is 11.9. The molecule has 0 saturated heterocycles. The second-order valence-corrected chi connectivity index (χ2v) is 8.59. The van der Waals surface area contributed by atoms with Gasteiger partial charge < -0.3 is 14.8 Å². The largest absolute Gasteiger partial charge is 0.490 e. The summed E-state index contributed by atoms with van der Waals surface area (Å²) in [6.07, 6.45) is 2.62. The van der Waals surface area contributed by atoms with Crippen molar-refractivity contribution < 1.29 is 9.47 Å². The van der Waals surface area contributed by atoms with Gasteiger partial charge in [-0.3, -0.25) is 0 Å². The minimum atomic E-state index is 0.478. The van der Waals surface area contributed by atoms with Crippen molar-refractivity contribution in [2.75, 3.05) is 11.9 Å². The Morgan fingerprint density at radius 3 is 2.47 bits per heavy atom.